The largest absolute Gasteiger partial charge is 0.573 e. The Morgan fingerprint density at radius 3 is 2.24 bits per heavy atom. The number of carbonyl (C=O) groups excluding carboxylic acids is 1. The van der Waals surface area contributed by atoms with Gasteiger partial charge in [-0.1, -0.05) is 18.2 Å². The second-order valence-electron chi connectivity index (χ2n) is 8.04. The highest BCUT2D eigenvalue weighted by Crippen LogP contribution is 2.24. The maximum atomic E-state index is 12.3. The first kappa shape index (κ1) is 25.3. The SMILES string of the molecule is Cc1cccc(C)c1N/C(O)=C/C(=O)Nc1ccc(-c2ncn(-c3ccc(OC(F)(F)F)cc3)n2)cc1. The molecule has 0 unspecified atom stereocenters. The Bertz CT molecular complexity index is 1410. The van der Waals surface area contributed by atoms with Crippen molar-refractivity contribution in [3.05, 3.63) is 96.1 Å². The molecule has 3 aromatic carbocycles. The van der Waals surface area contributed by atoms with Crippen LogP contribution in [0.1, 0.15) is 11.1 Å². The molecule has 8 nitrogen and oxygen atoms in total. The lowest BCUT2D eigenvalue weighted by atomic mass is 10.1. The summed E-state index contributed by atoms with van der Waals surface area (Å²) in [5.41, 5.74) is 4.23. The van der Waals surface area contributed by atoms with Crippen LogP contribution in [0.15, 0.2) is 85.0 Å². The van der Waals surface area contributed by atoms with Crippen molar-refractivity contribution in [2.75, 3.05) is 10.6 Å². The number of amides is 1. The number of hydrogen-bond donors (Lipinski definition) is 3. The maximum Gasteiger partial charge on any atom is 0.573 e. The van der Waals surface area contributed by atoms with E-state index in [1.54, 1.807) is 24.3 Å². The van der Waals surface area contributed by atoms with Crippen LogP contribution >= 0.6 is 0 Å². The van der Waals surface area contributed by atoms with E-state index < -0.39 is 12.3 Å². The molecule has 1 aromatic heterocycles. The molecule has 4 rings (SSSR count). The van der Waals surface area contributed by atoms with E-state index in [-0.39, 0.29) is 11.6 Å². The van der Waals surface area contributed by atoms with E-state index in [0.717, 1.165) is 22.9 Å². The summed E-state index contributed by atoms with van der Waals surface area (Å²) in [5, 5.41) is 20.0. The van der Waals surface area contributed by atoms with Crippen LogP contribution < -0.4 is 15.4 Å². The Morgan fingerprint density at radius 1 is 0.973 bits per heavy atom. The van der Waals surface area contributed by atoms with Crippen molar-refractivity contribution in [2.24, 2.45) is 0 Å². The van der Waals surface area contributed by atoms with E-state index in [2.05, 4.69) is 25.5 Å². The van der Waals surface area contributed by atoms with Gasteiger partial charge in [0.05, 0.1) is 11.8 Å². The summed E-state index contributed by atoms with van der Waals surface area (Å²) in [6, 6.07) is 17.6. The molecule has 0 atom stereocenters. The van der Waals surface area contributed by atoms with Gasteiger partial charge in [0.15, 0.2) is 11.7 Å². The number of benzene rings is 3. The second kappa shape index (κ2) is 10.4. The predicted molar refractivity (Wildman–Crippen MR) is 132 cm³/mol. The third-order valence-corrected chi connectivity index (χ3v) is 5.24. The highest BCUT2D eigenvalue weighted by molar-refractivity contribution is 5.99. The number of rotatable bonds is 7. The molecule has 11 heteroatoms. The number of halogens is 3. The molecule has 0 fully saturated rings. The zero-order valence-electron chi connectivity index (χ0n) is 19.7. The summed E-state index contributed by atoms with van der Waals surface area (Å²) in [6.07, 6.45) is -2.28. The molecule has 1 amide bonds. The fourth-order valence-corrected chi connectivity index (χ4v) is 3.50. The summed E-state index contributed by atoms with van der Waals surface area (Å²) < 4.78 is 42.3. The van der Waals surface area contributed by atoms with Crippen molar-refractivity contribution in [3.8, 4) is 22.8 Å². The number of hydrogen-bond acceptors (Lipinski definition) is 6. The van der Waals surface area contributed by atoms with Crippen LogP contribution in [0.3, 0.4) is 0 Å². The van der Waals surface area contributed by atoms with E-state index in [4.69, 9.17) is 0 Å². The third kappa shape index (κ3) is 6.66. The summed E-state index contributed by atoms with van der Waals surface area (Å²) >= 11 is 0. The Labute approximate surface area is 210 Å². The number of carbonyl (C=O) groups is 1. The first-order valence-electron chi connectivity index (χ1n) is 11.0. The molecular weight excluding hydrogens is 487 g/mol. The lowest BCUT2D eigenvalue weighted by molar-refractivity contribution is -0.274. The summed E-state index contributed by atoms with van der Waals surface area (Å²) in [5.74, 6) is -0.772. The fourth-order valence-electron chi connectivity index (χ4n) is 3.50. The van der Waals surface area contributed by atoms with Gasteiger partial charge in [-0.3, -0.25) is 4.79 Å². The minimum atomic E-state index is -4.76. The number of aliphatic hydroxyl groups is 1. The van der Waals surface area contributed by atoms with Crippen LogP contribution in [0.5, 0.6) is 5.75 Å². The highest BCUT2D eigenvalue weighted by atomic mass is 19.4. The smallest absolute Gasteiger partial charge is 0.494 e. The van der Waals surface area contributed by atoms with Crippen LogP contribution in [0, 0.1) is 13.8 Å². The molecule has 0 saturated heterocycles. The summed E-state index contributed by atoms with van der Waals surface area (Å²) in [4.78, 5) is 16.5. The Hall–Kier alpha value is -4.80. The number of para-hydroxylation sites is 1. The van der Waals surface area contributed by atoms with Crippen molar-refractivity contribution in [3.63, 3.8) is 0 Å². The second-order valence-corrected chi connectivity index (χ2v) is 8.04. The first-order chi connectivity index (χ1) is 17.6. The van der Waals surface area contributed by atoms with Gasteiger partial charge in [0.1, 0.15) is 12.1 Å². The Balaban J connectivity index is 1.38. The van der Waals surface area contributed by atoms with Crippen molar-refractivity contribution in [1.29, 1.82) is 0 Å². The van der Waals surface area contributed by atoms with Crippen molar-refractivity contribution >= 4 is 17.3 Å². The monoisotopic (exact) mass is 509 g/mol. The van der Waals surface area contributed by atoms with Crippen LogP contribution in [-0.4, -0.2) is 32.1 Å². The van der Waals surface area contributed by atoms with Gasteiger partial charge in [0.25, 0.3) is 5.91 Å². The van der Waals surface area contributed by atoms with Gasteiger partial charge in [-0.15, -0.1) is 18.3 Å². The van der Waals surface area contributed by atoms with Gasteiger partial charge >= 0.3 is 6.36 Å². The molecule has 190 valence electrons. The Morgan fingerprint density at radius 2 is 1.62 bits per heavy atom. The van der Waals surface area contributed by atoms with E-state index >= 15 is 0 Å². The number of alkyl halides is 3. The highest BCUT2D eigenvalue weighted by Gasteiger charge is 2.31. The van der Waals surface area contributed by atoms with Gasteiger partial charge in [0, 0.05) is 16.9 Å². The number of aromatic nitrogens is 3. The van der Waals surface area contributed by atoms with E-state index in [0.29, 0.717) is 22.8 Å². The number of nitrogens with one attached hydrogen (secondary N) is 2. The average molecular weight is 509 g/mol. The molecule has 37 heavy (non-hydrogen) atoms. The quantitative estimate of drug-likeness (QED) is 0.212. The van der Waals surface area contributed by atoms with Gasteiger partial charge in [0.2, 0.25) is 0 Å². The fraction of sp³-hybridized carbons (Fsp3) is 0.115. The summed E-state index contributed by atoms with van der Waals surface area (Å²) in [6.45, 7) is 3.79. The van der Waals surface area contributed by atoms with E-state index in [1.807, 2.05) is 32.0 Å². The molecule has 0 radical (unpaired) electrons. The van der Waals surface area contributed by atoms with E-state index in [9.17, 15) is 23.1 Å². The maximum absolute atomic E-state index is 12.3. The lowest BCUT2D eigenvalue weighted by Gasteiger charge is -2.11. The van der Waals surface area contributed by atoms with Gasteiger partial charge < -0.3 is 20.5 Å². The molecular formula is C26H22F3N5O3. The number of nitrogens with zero attached hydrogens (tertiary/aromatic N) is 3. The number of aliphatic hydroxyl groups excluding tert-OH is 1. The number of aryl methyl sites for hydroxylation is 2. The normalized spacial score (nSPS) is 11.8. The van der Waals surface area contributed by atoms with Crippen LogP contribution in [0.4, 0.5) is 24.5 Å². The van der Waals surface area contributed by atoms with Crippen LogP contribution in [-0.2, 0) is 4.79 Å². The lowest BCUT2D eigenvalue weighted by Crippen LogP contribution is -2.17. The third-order valence-electron chi connectivity index (χ3n) is 5.24. The van der Waals surface area contributed by atoms with Gasteiger partial charge in [-0.25, -0.2) is 9.67 Å². The van der Waals surface area contributed by atoms with Gasteiger partial charge in [-0.05, 0) is 73.5 Å². The zero-order valence-corrected chi connectivity index (χ0v) is 19.7. The molecule has 0 aliphatic heterocycles. The minimum Gasteiger partial charge on any atom is -0.494 e. The van der Waals surface area contributed by atoms with Crippen molar-refractivity contribution in [1.82, 2.24) is 14.8 Å². The van der Waals surface area contributed by atoms with Gasteiger partial charge in [-0.2, -0.15) is 0 Å². The molecule has 0 aliphatic carbocycles. The van der Waals surface area contributed by atoms with Crippen LogP contribution in [0.2, 0.25) is 0 Å². The number of ether oxygens (including phenoxy) is 1. The van der Waals surface area contributed by atoms with Crippen molar-refractivity contribution < 1.29 is 27.8 Å². The van der Waals surface area contributed by atoms with Crippen LogP contribution in [0.25, 0.3) is 17.1 Å². The zero-order chi connectivity index (χ0) is 26.6. The first-order valence-corrected chi connectivity index (χ1v) is 11.0. The van der Waals surface area contributed by atoms with E-state index in [1.165, 1.54) is 35.3 Å². The number of anilines is 2. The molecule has 0 saturated carbocycles. The minimum absolute atomic E-state index is 0.292. The molecule has 1 heterocycles. The standard InChI is InChI=1S/C26H22F3N5O3/c1-16-4-3-5-17(2)24(16)32-23(36)14-22(35)31-19-8-6-18(7-9-19)25-30-15-34(33-25)20-10-12-21(13-11-20)37-26(27,28)29/h3-15,32,36H,1-2H3,(H,31,35)/b23-14-. The van der Waals surface area contributed by atoms with Crippen molar-refractivity contribution in [2.45, 2.75) is 20.2 Å². The molecule has 0 bridgehead atoms. The molecule has 4 aromatic rings. The molecule has 3 N–H and O–H groups in total. The molecule has 0 spiro atoms. The topological polar surface area (TPSA) is 101 Å². The Kier molecular flexibility index (Phi) is 7.14. The molecule has 0 aliphatic rings. The summed E-state index contributed by atoms with van der Waals surface area (Å²) in [7, 11) is 0. The predicted octanol–water partition coefficient (Wildman–Crippen LogP) is 5.90. The average Bonchev–Trinajstić information content (AvgIpc) is 3.32.